The van der Waals surface area contributed by atoms with Crippen LogP contribution in [0.4, 0.5) is 0 Å². The predicted octanol–water partition coefficient (Wildman–Crippen LogP) is 4.98. The second-order valence-corrected chi connectivity index (χ2v) is 6.70. The van der Waals surface area contributed by atoms with Gasteiger partial charge in [-0.3, -0.25) is 0 Å². The molecule has 2 unspecified atom stereocenters. The van der Waals surface area contributed by atoms with Crippen molar-refractivity contribution in [2.45, 2.75) is 56.9 Å². The first kappa shape index (κ1) is 15.1. The minimum absolute atomic E-state index is 0.382. The highest BCUT2D eigenvalue weighted by Gasteiger charge is 2.51. The second kappa shape index (κ2) is 6.90. The Morgan fingerprint density at radius 2 is 1.89 bits per heavy atom. The molecule has 1 aliphatic carbocycles. The molecule has 0 amide bonds. The topological polar surface area (TPSA) is 9.23 Å². The molecule has 0 aromatic heterocycles. The predicted molar refractivity (Wildman–Crippen MR) is 84.9 cm³/mol. The monoisotopic (exact) mass is 324 g/mol. The molecule has 106 valence electrons. The molecule has 0 radical (unpaired) electrons. The Morgan fingerprint density at radius 1 is 1.21 bits per heavy atom. The molecule has 1 aromatic carbocycles. The number of benzene rings is 1. The lowest BCUT2D eigenvalue weighted by molar-refractivity contribution is -0.108. The quantitative estimate of drug-likeness (QED) is 0.507. The Morgan fingerprint density at radius 3 is 2.47 bits per heavy atom. The lowest BCUT2D eigenvalue weighted by Gasteiger charge is -2.53. The van der Waals surface area contributed by atoms with E-state index in [9.17, 15) is 0 Å². The summed E-state index contributed by atoms with van der Waals surface area (Å²) in [5.41, 5.74) is 1.79. The number of aryl methyl sites for hydroxylation is 1. The van der Waals surface area contributed by atoms with Crippen LogP contribution in [0, 0.1) is 5.41 Å². The fraction of sp³-hybridized carbons (Fsp3) is 0.647. The van der Waals surface area contributed by atoms with Gasteiger partial charge in [0.15, 0.2) is 0 Å². The maximum atomic E-state index is 6.14. The van der Waals surface area contributed by atoms with Crippen molar-refractivity contribution in [3.8, 4) is 0 Å². The van der Waals surface area contributed by atoms with Crippen LogP contribution in [0.15, 0.2) is 30.3 Å². The molecule has 0 saturated heterocycles. The van der Waals surface area contributed by atoms with Crippen LogP contribution in [0.25, 0.3) is 0 Å². The first-order valence-corrected chi connectivity index (χ1v) is 8.44. The van der Waals surface area contributed by atoms with Crippen molar-refractivity contribution >= 4 is 15.9 Å². The van der Waals surface area contributed by atoms with E-state index in [4.69, 9.17) is 4.74 Å². The lowest BCUT2D eigenvalue weighted by Crippen LogP contribution is -2.54. The summed E-state index contributed by atoms with van der Waals surface area (Å²) in [7, 11) is 0. The Bertz CT molecular complexity index is 372. The molecule has 1 aromatic rings. The molecule has 19 heavy (non-hydrogen) atoms. The summed E-state index contributed by atoms with van der Waals surface area (Å²) in [6.45, 7) is 5.47. The van der Waals surface area contributed by atoms with Crippen LogP contribution in [0.5, 0.6) is 0 Å². The summed E-state index contributed by atoms with van der Waals surface area (Å²) in [4.78, 5) is 0.647. The van der Waals surface area contributed by atoms with Gasteiger partial charge in [0, 0.05) is 16.8 Å². The molecule has 2 heteroatoms. The highest BCUT2D eigenvalue weighted by molar-refractivity contribution is 9.09. The molecule has 1 fully saturated rings. The highest BCUT2D eigenvalue weighted by Crippen LogP contribution is 2.52. The fourth-order valence-electron chi connectivity index (χ4n) is 3.23. The molecule has 1 saturated carbocycles. The number of hydrogen-bond acceptors (Lipinski definition) is 1. The summed E-state index contributed by atoms with van der Waals surface area (Å²) >= 11 is 3.81. The third kappa shape index (κ3) is 3.22. The van der Waals surface area contributed by atoms with Crippen molar-refractivity contribution in [1.29, 1.82) is 0 Å². The van der Waals surface area contributed by atoms with Gasteiger partial charge in [-0.1, -0.05) is 60.1 Å². The van der Waals surface area contributed by atoms with Gasteiger partial charge >= 0.3 is 0 Å². The molecule has 0 bridgehead atoms. The number of alkyl halides is 1. The Kier molecular flexibility index (Phi) is 5.47. The molecular formula is C17H25BrO. The zero-order valence-corrected chi connectivity index (χ0v) is 13.7. The van der Waals surface area contributed by atoms with Crippen molar-refractivity contribution in [3.05, 3.63) is 35.9 Å². The summed E-state index contributed by atoms with van der Waals surface area (Å²) in [6, 6.07) is 10.7. The normalized spacial score (nSPS) is 25.0. The average Bonchev–Trinajstić information content (AvgIpc) is 2.45. The van der Waals surface area contributed by atoms with E-state index in [1.54, 1.807) is 0 Å². The summed E-state index contributed by atoms with van der Waals surface area (Å²) in [5.74, 6) is 0. The summed E-state index contributed by atoms with van der Waals surface area (Å²) in [5, 5.41) is 0. The molecule has 0 heterocycles. The Hall–Kier alpha value is -0.340. The van der Waals surface area contributed by atoms with Crippen LogP contribution >= 0.6 is 15.9 Å². The first-order chi connectivity index (χ1) is 9.23. The zero-order valence-electron chi connectivity index (χ0n) is 12.1. The maximum absolute atomic E-state index is 6.14. The van der Waals surface area contributed by atoms with Crippen molar-refractivity contribution < 1.29 is 4.74 Å². The number of ether oxygens (including phenoxy) is 1. The van der Waals surface area contributed by atoms with Crippen molar-refractivity contribution in [1.82, 2.24) is 0 Å². The summed E-state index contributed by atoms with van der Waals surface area (Å²) in [6.07, 6.45) is 6.30. The van der Waals surface area contributed by atoms with Gasteiger partial charge in [-0.2, -0.15) is 0 Å². The third-order valence-electron chi connectivity index (χ3n) is 4.77. The van der Waals surface area contributed by atoms with Gasteiger partial charge in [0.1, 0.15) is 0 Å². The van der Waals surface area contributed by atoms with Crippen LogP contribution in [0.1, 0.15) is 45.1 Å². The van der Waals surface area contributed by atoms with Crippen molar-refractivity contribution in [2.75, 3.05) is 6.61 Å². The molecule has 1 nitrogen and oxygen atoms in total. The van der Waals surface area contributed by atoms with Crippen LogP contribution in [-0.4, -0.2) is 17.5 Å². The molecular weight excluding hydrogens is 300 g/mol. The Labute approximate surface area is 125 Å². The second-order valence-electron chi connectivity index (χ2n) is 5.59. The Balaban J connectivity index is 1.72. The van der Waals surface area contributed by atoms with Gasteiger partial charge < -0.3 is 4.74 Å². The van der Waals surface area contributed by atoms with E-state index in [1.165, 1.54) is 24.8 Å². The highest BCUT2D eigenvalue weighted by atomic mass is 79.9. The van der Waals surface area contributed by atoms with Gasteiger partial charge in [-0.15, -0.1) is 0 Å². The van der Waals surface area contributed by atoms with Gasteiger partial charge in [-0.25, -0.2) is 0 Å². The van der Waals surface area contributed by atoms with Crippen molar-refractivity contribution in [2.24, 2.45) is 5.41 Å². The largest absolute Gasteiger partial charge is 0.378 e. The van der Waals surface area contributed by atoms with Gasteiger partial charge in [0.2, 0.25) is 0 Å². The van der Waals surface area contributed by atoms with Crippen LogP contribution in [-0.2, 0) is 11.2 Å². The van der Waals surface area contributed by atoms with Crippen LogP contribution < -0.4 is 0 Å². The van der Waals surface area contributed by atoms with Crippen LogP contribution in [0.2, 0.25) is 0 Å². The smallest absolute Gasteiger partial charge is 0.0652 e. The van der Waals surface area contributed by atoms with E-state index >= 15 is 0 Å². The minimum Gasteiger partial charge on any atom is -0.378 e. The molecule has 0 spiro atoms. The molecule has 0 aliphatic heterocycles. The first-order valence-electron chi connectivity index (χ1n) is 7.52. The molecule has 2 rings (SSSR count). The number of hydrogen-bond donors (Lipinski definition) is 0. The van der Waals surface area contributed by atoms with E-state index in [0.29, 0.717) is 16.3 Å². The van der Waals surface area contributed by atoms with E-state index in [0.717, 1.165) is 19.4 Å². The SMILES string of the molecule is CCC1(CC)C(Br)CC1OCCCc1ccccc1. The van der Waals surface area contributed by atoms with E-state index < -0.39 is 0 Å². The van der Waals surface area contributed by atoms with Crippen LogP contribution in [0.3, 0.4) is 0 Å². The average molecular weight is 325 g/mol. The van der Waals surface area contributed by atoms with Gasteiger partial charge in [0.25, 0.3) is 0 Å². The van der Waals surface area contributed by atoms with E-state index in [-0.39, 0.29) is 0 Å². The molecule has 0 N–H and O–H groups in total. The van der Waals surface area contributed by atoms with Crippen molar-refractivity contribution in [3.63, 3.8) is 0 Å². The maximum Gasteiger partial charge on any atom is 0.0652 e. The zero-order chi connectivity index (χ0) is 13.7. The van der Waals surface area contributed by atoms with Gasteiger partial charge in [0.05, 0.1) is 6.10 Å². The number of halogens is 1. The fourth-order valence-corrected chi connectivity index (χ4v) is 4.51. The van der Waals surface area contributed by atoms with E-state index in [1.807, 2.05) is 0 Å². The third-order valence-corrected chi connectivity index (χ3v) is 6.06. The summed E-state index contributed by atoms with van der Waals surface area (Å²) < 4.78 is 6.14. The molecule has 2 atom stereocenters. The number of rotatable bonds is 7. The van der Waals surface area contributed by atoms with E-state index in [2.05, 4.69) is 60.1 Å². The van der Waals surface area contributed by atoms with Gasteiger partial charge in [-0.05, 0) is 37.7 Å². The minimum atomic E-state index is 0.382. The molecule has 1 aliphatic rings. The standard InChI is InChI=1S/C17H25BrO/c1-3-17(4-2)15(18)13-16(17)19-12-8-11-14-9-6-5-7-10-14/h5-7,9-10,15-16H,3-4,8,11-13H2,1-2H3. The lowest BCUT2D eigenvalue weighted by atomic mass is 9.62.